The molecule has 1 heterocycles. The van der Waals surface area contributed by atoms with Gasteiger partial charge in [0.15, 0.2) is 0 Å². The maximum atomic E-state index is 9.63. The molecule has 3 rings (SSSR count). The second kappa shape index (κ2) is 8.29. The second-order valence-electron chi connectivity index (χ2n) is 6.53. The van der Waals surface area contributed by atoms with E-state index in [-0.39, 0.29) is 6.61 Å². The van der Waals surface area contributed by atoms with Crippen molar-refractivity contribution in [3.63, 3.8) is 0 Å². The van der Waals surface area contributed by atoms with Gasteiger partial charge in [-0.2, -0.15) is 0 Å². The van der Waals surface area contributed by atoms with Crippen LogP contribution in [-0.4, -0.2) is 52.3 Å². The molecule has 0 aromatic heterocycles. The van der Waals surface area contributed by atoms with Gasteiger partial charge in [0.2, 0.25) is 0 Å². The van der Waals surface area contributed by atoms with Crippen LogP contribution in [-0.2, 0) is 13.1 Å². The Morgan fingerprint density at radius 3 is 2.46 bits per heavy atom. The fourth-order valence-corrected chi connectivity index (χ4v) is 3.46. The number of aliphatic hydroxyl groups is 1. The van der Waals surface area contributed by atoms with Gasteiger partial charge >= 0.3 is 0 Å². The zero-order chi connectivity index (χ0) is 16.8. The van der Waals surface area contributed by atoms with Crippen molar-refractivity contribution < 1.29 is 10.2 Å². The van der Waals surface area contributed by atoms with E-state index in [9.17, 15) is 10.2 Å². The van der Waals surface area contributed by atoms with Crippen molar-refractivity contribution in [3.8, 4) is 5.75 Å². The molecule has 0 radical (unpaired) electrons. The molecule has 128 valence electrons. The highest BCUT2D eigenvalue weighted by molar-refractivity contribution is 5.27. The fraction of sp³-hybridized carbons (Fsp3) is 0.400. The van der Waals surface area contributed by atoms with E-state index in [4.69, 9.17) is 0 Å². The smallest absolute Gasteiger partial charge is 0.115 e. The lowest BCUT2D eigenvalue weighted by molar-refractivity contribution is 0.0499. The van der Waals surface area contributed by atoms with Crippen LogP contribution in [0.15, 0.2) is 54.6 Å². The Morgan fingerprint density at radius 1 is 0.917 bits per heavy atom. The van der Waals surface area contributed by atoms with E-state index in [2.05, 4.69) is 40.1 Å². The average molecular weight is 326 g/mol. The van der Waals surface area contributed by atoms with Crippen LogP contribution in [0.3, 0.4) is 0 Å². The van der Waals surface area contributed by atoms with Crippen molar-refractivity contribution in [2.45, 2.75) is 25.6 Å². The minimum absolute atomic E-state index is 0.218. The summed E-state index contributed by atoms with van der Waals surface area (Å²) >= 11 is 0. The summed E-state index contributed by atoms with van der Waals surface area (Å²) in [6.07, 6.45) is 0.795. The van der Waals surface area contributed by atoms with Crippen molar-refractivity contribution in [1.29, 1.82) is 0 Å². The number of benzene rings is 2. The fourth-order valence-electron chi connectivity index (χ4n) is 3.46. The Labute approximate surface area is 144 Å². The molecular weight excluding hydrogens is 300 g/mol. The maximum Gasteiger partial charge on any atom is 0.115 e. The molecule has 1 fully saturated rings. The molecule has 0 bridgehead atoms. The summed E-state index contributed by atoms with van der Waals surface area (Å²) in [7, 11) is 0. The third-order valence-corrected chi connectivity index (χ3v) is 4.70. The zero-order valence-electron chi connectivity index (χ0n) is 14.0. The van der Waals surface area contributed by atoms with E-state index < -0.39 is 0 Å². The quantitative estimate of drug-likeness (QED) is 0.856. The maximum absolute atomic E-state index is 9.63. The van der Waals surface area contributed by atoms with Gasteiger partial charge in [-0.1, -0.05) is 42.5 Å². The average Bonchev–Trinajstić information content (AvgIpc) is 2.58. The molecule has 2 N–H and O–H groups in total. The topological polar surface area (TPSA) is 46.9 Å². The van der Waals surface area contributed by atoms with Crippen molar-refractivity contribution in [1.82, 2.24) is 9.80 Å². The molecule has 1 saturated heterocycles. The molecule has 4 heteroatoms. The van der Waals surface area contributed by atoms with Crippen molar-refractivity contribution in [2.24, 2.45) is 0 Å². The van der Waals surface area contributed by atoms with Crippen LogP contribution >= 0.6 is 0 Å². The monoisotopic (exact) mass is 326 g/mol. The third kappa shape index (κ3) is 4.57. The molecule has 0 unspecified atom stereocenters. The van der Waals surface area contributed by atoms with Gasteiger partial charge in [-0.05, 0) is 29.7 Å². The molecule has 2 aromatic rings. The summed E-state index contributed by atoms with van der Waals surface area (Å²) < 4.78 is 0. The van der Waals surface area contributed by atoms with Crippen molar-refractivity contribution in [2.75, 3.05) is 26.2 Å². The molecule has 0 amide bonds. The lowest BCUT2D eigenvalue weighted by Gasteiger charge is -2.41. The SMILES string of the molecule is OCC[C@H]1CN(Cc2cccc(O)c2)CCN1Cc1ccccc1. The van der Waals surface area contributed by atoms with Gasteiger partial charge in [0.1, 0.15) is 5.75 Å². The van der Waals surface area contributed by atoms with Crippen LogP contribution in [0.2, 0.25) is 0 Å². The molecule has 0 aliphatic carbocycles. The normalized spacial score (nSPS) is 19.5. The summed E-state index contributed by atoms with van der Waals surface area (Å²) in [6.45, 7) is 4.95. The van der Waals surface area contributed by atoms with Crippen molar-refractivity contribution >= 4 is 0 Å². The van der Waals surface area contributed by atoms with Crippen LogP contribution in [0.1, 0.15) is 17.5 Å². The van der Waals surface area contributed by atoms with Gasteiger partial charge in [-0.3, -0.25) is 9.80 Å². The highest BCUT2D eigenvalue weighted by Crippen LogP contribution is 2.19. The molecule has 1 aliphatic rings. The largest absolute Gasteiger partial charge is 0.508 e. The number of hydrogen-bond acceptors (Lipinski definition) is 4. The van der Waals surface area contributed by atoms with Crippen LogP contribution in [0.5, 0.6) is 5.75 Å². The van der Waals surface area contributed by atoms with Crippen LogP contribution in [0.4, 0.5) is 0 Å². The van der Waals surface area contributed by atoms with Gasteiger partial charge in [-0.15, -0.1) is 0 Å². The Morgan fingerprint density at radius 2 is 1.71 bits per heavy atom. The minimum atomic E-state index is 0.218. The highest BCUT2D eigenvalue weighted by atomic mass is 16.3. The first-order valence-corrected chi connectivity index (χ1v) is 8.63. The molecule has 0 saturated carbocycles. The first-order chi connectivity index (χ1) is 11.7. The number of aliphatic hydroxyl groups excluding tert-OH is 1. The van der Waals surface area contributed by atoms with Gasteiger partial charge < -0.3 is 10.2 Å². The van der Waals surface area contributed by atoms with E-state index in [1.54, 1.807) is 6.07 Å². The van der Waals surface area contributed by atoms with Gasteiger partial charge in [-0.25, -0.2) is 0 Å². The summed E-state index contributed by atoms with van der Waals surface area (Å²) in [5.41, 5.74) is 2.45. The van der Waals surface area contributed by atoms with E-state index in [1.165, 1.54) is 5.56 Å². The molecule has 0 spiro atoms. The van der Waals surface area contributed by atoms with Crippen LogP contribution < -0.4 is 0 Å². The van der Waals surface area contributed by atoms with Gasteiger partial charge in [0.05, 0.1) is 0 Å². The lowest BCUT2D eigenvalue weighted by atomic mass is 10.1. The third-order valence-electron chi connectivity index (χ3n) is 4.70. The Hall–Kier alpha value is -1.88. The van der Waals surface area contributed by atoms with Crippen LogP contribution in [0, 0.1) is 0 Å². The van der Waals surface area contributed by atoms with Gasteiger partial charge in [0, 0.05) is 45.4 Å². The summed E-state index contributed by atoms with van der Waals surface area (Å²) in [5.74, 6) is 0.321. The number of phenols is 1. The second-order valence-corrected chi connectivity index (χ2v) is 6.53. The standard InChI is InChI=1S/C20H26N2O2/c23-12-9-19-16-21(14-18-7-4-8-20(24)13-18)10-11-22(19)15-17-5-2-1-3-6-17/h1-8,13,19,23-24H,9-12,14-16H2/t19-/m0/s1. The summed E-state index contributed by atoms with van der Waals surface area (Å²) in [4.78, 5) is 4.89. The number of phenolic OH excluding ortho intramolecular Hbond substituents is 1. The molecule has 4 nitrogen and oxygen atoms in total. The minimum Gasteiger partial charge on any atom is -0.508 e. The first-order valence-electron chi connectivity index (χ1n) is 8.63. The lowest BCUT2D eigenvalue weighted by Crippen LogP contribution is -2.52. The number of aromatic hydroxyl groups is 1. The summed E-state index contributed by atoms with van der Waals surface area (Å²) in [5, 5.41) is 19.1. The Balaban J connectivity index is 1.62. The zero-order valence-corrected chi connectivity index (χ0v) is 14.0. The molecule has 24 heavy (non-hydrogen) atoms. The van der Waals surface area contributed by atoms with Crippen LogP contribution in [0.25, 0.3) is 0 Å². The van der Waals surface area contributed by atoms with E-state index in [0.717, 1.165) is 44.7 Å². The molecule has 1 atom stereocenters. The molecular formula is C20H26N2O2. The highest BCUT2D eigenvalue weighted by Gasteiger charge is 2.26. The molecule has 1 aliphatic heterocycles. The number of piperazine rings is 1. The number of nitrogens with zero attached hydrogens (tertiary/aromatic N) is 2. The Bertz CT molecular complexity index is 633. The predicted molar refractivity (Wildman–Crippen MR) is 95.7 cm³/mol. The van der Waals surface area contributed by atoms with E-state index >= 15 is 0 Å². The number of rotatable bonds is 6. The Kier molecular flexibility index (Phi) is 5.86. The predicted octanol–water partition coefficient (Wildman–Crippen LogP) is 2.46. The van der Waals surface area contributed by atoms with E-state index in [1.807, 2.05) is 18.2 Å². The number of hydrogen-bond donors (Lipinski definition) is 2. The first kappa shape index (κ1) is 17.0. The van der Waals surface area contributed by atoms with E-state index in [0.29, 0.717) is 11.8 Å². The summed E-state index contributed by atoms with van der Waals surface area (Å²) in [6, 6.07) is 18.4. The molecule has 2 aromatic carbocycles. The van der Waals surface area contributed by atoms with Gasteiger partial charge in [0.25, 0.3) is 0 Å². The van der Waals surface area contributed by atoms with Crippen molar-refractivity contribution in [3.05, 3.63) is 65.7 Å².